The maximum absolute atomic E-state index is 12.6. The standard InChI is InChI=1S/C19H22N2O3/c1-14-13-20(16-5-3-2-4-6-16)9-10-21(14)19(24)12-15-7-8-17(22)18(23)11-15/h2-8,11,14,22-23H,9-10,12-13H2,1H3. The van der Waals surface area contributed by atoms with Crippen LogP contribution >= 0.6 is 0 Å². The van der Waals surface area contributed by atoms with E-state index in [1.54, 1.807) is 6.07 Å². The highest BCUT2D eigenvalue weighted by Crippen LogP contribution is 2.26. The SMILES string of the molecule is CC1CN(c2ccccc2)CCN1C(=O)Cc1ccc(O)c(O)c1. The Labute approximate surface area is 141 Å². The quantitative estimate of drug-likeness (QED) is 0.850. The van der Waals surface area contributed by atoms with Crippen molar-refractivity contribution in [3.8, 4) is 11.5 Å². The topological polar surface area (TPSA) is 64.0 Å². The van der Waals surface area contributed by atoms with Crippen LogP contribution in [0.15, 0.2) is 48.5 Å². The number of anilines is 1. The number of rotatable bonds is 3. The minimum absolute atomic E-state index is 0.0419. The minimum atomic E-state index is -0.192. The highest BCUT2D eigenvalue weighted by molar-refractivity contribution is 5.79. The molecule has 1 aliphatic rings. The maximum Gasteiger partial charge on any atom is 0.227 e. The number of phenols is 2. The van der Waals surface area contributed by atoms with Gasteiger partial charge in [-0.2, -0.15) is 0 Å². The molecule has 0 radical (unpaired) electrons. The zero-order chi connectivity index (χ0) is 17.1. The fourth-order valence-corrected chi connectivity index (χ4v) is 3.16. The molecule has 1 heterocycles. The molecule has 2 N–H and O–H groups in total. The number of para-hydroxylation sites is 1. The summed E-state index contributed by atoms with van der Waals surface area (Å²) in [6.07, 6.45) is 0.226. The van der Waals surface area contributed by atoms with Crippen LogP contribution < -0.4 is 4.90 Å². The van der Waals surface area contributed by atoms with E-state index in [-0.39, 0.29) is 29.9 Å². The molecule has 24 heavy (non-hydrogen) atoms. The smallest absolute Gasteiger partial charge is 0.227 e. The third-order valence-electron chi connectivity index (χ3n) is 4.46. The molecule has 1 atom stereocenters. The van der Waals surface area contributed by atoms with Gasteiger partial charge < -0.3 is 20.0 Å². The lowest BCUT2D eigenvalue weighted by molar-refractivity contribution is -0.132. The van der Waals surface area contributed by atoms with Crippen LogP contribution in [-0.2, 0) is 11.2 Å². The summed E-state index contributed by atoms with van der Waals surface area (Å²) in [5.41, 5.74) is 1.88. The average molecular weight is 326 g/mol. The molecule has 1 saturated heterocycles. The van der Waals surface area contributed by atoms with Crippen molar-refractivity contribution in [1.82, 2.24) is 4.90 Å². The number of carbonyl (C=O) groups is 1. The molecule has 3 rings (SSSR count). The minimum Gasteiger partial charge on any atom is -0.504 e. The number of phenolic OH excluding ortho intramolecular Hbond substituents is 2. The molecule has 0 spiro atoms. The predicted octanol–water partition coefficient (Wildman–Crippen LogP) is 2.38. The van der Waals surface area contributed by atoms with Gasteiger partial charge in [0.15, 0.2) is 11.5 Å². The van der Waals surface area contributed by atoms with E-state index in [2.05, 4.69) is 24.0 Å². The summed E-state index contributed by atoms with van der Waals surface area (Å²) in [7, 11) is 0. The lowest BCUT2D eigenvalue weighted by Gasteiger charge is -2.41. The fourth-order valence-electron chi connectivity index (χ4n) is 3.16. The summed E-state index contributed by atoms with van der Waals surface area (Å²) >= 11 is 0. The Morgan fingerprint density at radius 2 is 1.83 bits per heavy atom. The van der Waals surface area contributed by atoms with E-state index in [9.17, 15) is 15.0 Å². The van der Waals surface area contributed by atoms with Crippen molar-refractivity contribution in [3.63, 3.8) is 0 Å². The molecule has 5 nitrogen and oxygen atoms in total. The number of benzene rings is 2. The summed E-state index contributed by atoms with van der Waals surface area (Å²) in [6.45, 7) is 4.34. The number of hydrogen-bond acceptors (Lipinski definition) is 4. The first-order chi connectivity index (χ1) is 11.5. The first kappa shape index (κ1) is 16.2. The van der Waals surface area contributed by atoms with Gasteiger partial charge in [0.25, 0.3) is 0 Å². The van der Waals surface area contributed by atoms with Crippen molar-refractivity contribution in [2.24, 2.45) is 0 Å². The van der Waals surface area contributed by atoms with Gasteiger partial charge in [-0.05, 0) is 36.8 Å². The van der Waals surface area contributed by atoms with E-state index >= 15 is 0 Å². The molecule has 5 heteroatoms. The molecule has 126 valence electrons. The molecule has 0 aromatic heterocycles. The van der Waals surface area contributed by atoms with E-state index in [1.807, 2.05) is 23.1 Å². The van der Waals surface area contributed by atoms with Crippen molar-refractivity contribution in [1.29, 1.82) is 0 Å². The number of piperazine rings is 1. The molecule has 0 aliphatic carbocycles. The van der Waals surface area contributed by atoms with Crippen LogP contribution in [0.1, 0.15) is 12.5 Å². The molecule has 1 unspecified atom stereocenters. The second-order valence-electron chi connectivity index (χ2n) is 6.22. The fraction of sp³-hybridized carbons (Fsp3) is 0.316. The van der Waals surface area contributed by atoms with E-state index in [4.69, 9.17) is 0 Å². The Kier molecular flexibility index (Phi) is 4.60. The molecule has 0 bridgehead atoms. The Morgan fingerprint density at radius 1 is 1.08 bits per heavy atom. The number of aromatic hydroxyl groups is 2. The number of nitrogens with zero attached hydrogens (tertiary/aromatic N) is 2. The normalized spacial score (nSPS) is 17.8. The molecule has 1 fully saturated rings. The van der Waals surface area contributed by atoms with Gasteiger partial charge in [-0.3, -0.25) is 4.79 Å². The van der Waals surface area contributed by atoms with E-state index in [1.165, 1.54) is 17.8 Å². The third kappa shape index (κ3) is 3.45. The summed E-state index contributed by atoms with van der Waals surface area (Å²) in [4.78, 5) is 16.8. The van der Waals surface area contributed by atoms with Gasteiger partial charge in [-0.1, -0.05) is 24.3 Å². The number of carbonyl (C=O) groups excluding carboxylic acids is 1. The Bertz CT molecular complexity index is 718. The van der Waals surface area contributed by atoms with Crippen molar-refractivity contribution in [3.05, 3.63) is 54.1 Å². The van der Waals surface area contributed by atoms with Crippen molar-refractivity contribution in [2.75, 3.05) is 24.5 Å². The summed E-state index contributed by atoms with van der Waals surface area (Å²) in [5.74, 6) is -0.321. The van der Waals surface area contributed by atoms with Crippen molar-refractivity contribution >= 4 is 11.6 Å². The van der Waals surface area contributed by atoms with Gasteiger partial charge in [0.05, 0.1) is 6.42 Å². The van der Waals surface area contributed by atoms with Gasteiger partial charge in [0, 0.05) is 31.4 Å². The van der Waals surface area contributed by atoms with Crippen molar-refractivity contribution in [2.45, 2.75) is 19.4 Å². The highest BCUT2D eigenvalue weighted by atomic mass is 16.3. The molecule has 1 amide bonds. The zero-order valence-corrected chi connectivity index (χ0v) is 13.7. The average Bonchev–Trinajstić information content (AvgIpc) is 2.59. The molecule has 1 aliphatic heterocycles. The molecular weight excluding hydrogens is 304 g/mol. The van der Waals surface area contributed by atoms with Gasteiger partial charge in [-0.25, -0.2) is 0 Å². The summed E-state index contributed by atoms with van der Waals surface area (Å²) in [5, 5.41) is 18.9. The monoisotopic (exact) mass is 326 g/mol. The van der Waals surface area contributed by atoms with Gasteiger partial charge >= 0.3 is 0 Å². The largest absolute Gasteiger partial charge is 0.504 e. The third-order valence-corrected chi connectivity index (χ3v) is 4.46. The predicted molar refractivity (Wildman–Crippen MR) is 93.3 cm³/mol. The first-order valence-corrected chi connectivity index (χ1v) is 8.15. The van der Waals surface area contributed by atoms with E-state index in [0.717, 1.165) is 13.1 Å². The van der Waals surface area contributed by atoms with Crippen LogP contribution in [0.5, 0.6) is 11.5 Å². The Morgan fingerprint density at radius 3 is 2.50 bits per heavy atom. The second-order valence-corrected chi connectivity index (χ2v) is 6.22. The highest BCUT2D eigenvalue weighted by Gasteiger charge is 2.27. The van der Waals surface area contributed by atoms with E-state index in [0.29, 0.717) is 12.1 Å². The van der Waals surface area contributed by atoms with Crippen LogP contribution in [0, 0.1) is 0 Å². The zero-order valence-electron chi connectivity index (χ0n) is 13.7. The Hall–Kier alpha value is -2.69. The van der Waals surface area contributed by atoms with Gasteiger partial charge in [0.1, 0.15) is 0 Å². The lowest BCUT2D eigenvalue weighted by Crippen LogP contribution is -2.54. The summed E-state index contributed by atoms with van der Waals surface area (Å²) < 4.78 is 0. The van der Waals surface area contributed by atoms with Crippen LogP contribution in [0.3, 0.4) is 0 Å². The number of hydrogen-bond donors (Lipinski definition) is 2. The molecule has 2 aromatic carbocycles. The lowest BCUT2D eigenvalue weighted by atomic mass is 10.1. The number of amides is 1. The second kappa shape index (κ2) is 6.83. The Balaban J connectivity index is 1.63. The van der Waals surface area contributed by atoms with Gasteiger partial charge in [-0.15, -0.1) is 0 Å². The molecule has 0 saturated carbocycles. The van der Waals surface area contributed by atoms with Crippen LogP contribution in [-0.4, -0.2) is 46.7 Å². The van der Waals surface area contributed by atoms with Crippen LogP contribution in [0.25, 0.3) is 0 Å². The first-order valence-electron chi connectivity index (χ1n) is 8.15. The molecular formula is C19H22N2O3. The maximum atomic E-state index is 12.6. The summed E-state index contributed by atoms with van der Waals surface area (Å²) in [6, 6.07) is 14.9. The van der Waals surface area contributed by atoms with E-state index < -0.39 is 0 Å². The van der Waals surface area contributed by atoms with Crippen LogP contribution in [0.2, 0.25) is 0 Å². The van der Waals surface area contributed by atoms with Crippen molar-refractivity contribution < 1.29 is 15.0 Å². The van der Waals surface area contributed by atoms with Gasteiger partial charge in [0.2, 0.25) is 5.91 Å². The molecule has 2 aromatic rings. The van der Waals surface area contributed by atoms with Crippen LogP contribution in [0.4, 0.5) is 5.69 Å².